The summed E-state index contributed by atoms with van der Waals surface area (Å²) in [6.07, 6.45) is 5.17. The van der Waals surface area contributed by atoms with Gasteiger partial charge in [0, 0.05) is 51.8 Å². The number of carbonyl (C=O) groups is 1. The molecule has 0 saturated carbocycles. The molecule has 0 aliphatic carbocycles. The van der Waals surface area contributed by atoms with E-state index in [9.17, 15) is 9.36 Å². The Morgan fingerprint density at radius 3 is 2.53 bits per heavy atom. The lowest BCUT2D eigenvalue weighted by atomic mass is 10.2. The number of aromatic amines is 1. The zero-order chi connectivity index (χ0) is 23.5. The Labute approximate surface area is 192 Å². The Balaban J connectivity index is 2.06. The van der Waals surface area contributed by atoms with Crippen molar-refractivity contribution in [2.75, 3.05) is 14.2 Å². The van der Waals surface area contributed by atoms with Crippen LogP contribution in [0, 0.1) is 0 Å². The second kappa shape index (κ2) is 9.74. The first kappa shape index (κ1) is 23.8. The summed E-state index contributed by atoms with van der Waals surface area (Å²) in [4.78, 5) is 21.4. The van der Waals surface area contributed by atoms with Gasteiger partial charge in [0.25, 0.3) is 13.3 Å². The van der Waals surface area contributed by atoms with Gasteiger partial charge in [-0.15, -0.1) is 0 Å². The molecule has 0 spiro atoms. The van der Waals surface area contributed by atoms with Crippen LogP contribution in [-0.2, 0) is 15.6 Å². The van der Waals surface area contributed by atoms with Gasteiger partial charge in [0.05, 0.1) is 5.30 Å². The van der Waals surface area contributed by atoms with Crippen LogP contribution in [0.1, 0.15) is 29.9 Å². The Morgan fingerprint density at radius 1 is 1.25 bits per heavy atom. The highest BCUT2D eigenvalue weighted by Crippen LogP contribution is 2.55. The summed E-state index contributed by atoms with van der Waals surface area (Å²) in [6, 6.07) is 8.76. The Morgan fingerprint density at radius 2 is 1.94 bits per heavy atom. The van der Waals surface area contributed by atoms with Crippen molar-refractivity contribution >= 4 is 41.1 Å². The molecule has 0 aliphatic rings. The average molecular weight is 475 g/mol. The van der Waals surface area contributed by atoms with Crippen LogP contribution in [0.5, 0.6) is 0 Å². The molecule has 9 heteroatoms. The zero-order valence-electron chi connectivity index (χ0n) is 18.4. The largest absolute Gasteiger partial charge is 0.350 e. The number of benzene rings is 1. The molecule has 0 saturated heterocycles. The summed E-state index contributed by atoms with van der Waals surface area (Å²) in [5.74, 6) is -0.418. The molecule has 1 unspecified atom stereocenters. The Hall–Kier alpha value is -2.86. The smallest absolute Gasteiger partial charge is 0.268 e. The van der Waals surface area contributed by atoms with Crippen LogP contribution in [0.15, 0.2) is 66.3 Å². The molecule has 1 amide bonds. The molecule has 2 N–H and O–H groups in total. The van der Waals surface area contributed by atoms with Crippen LogP contribution >= 0.6 is 19.0 Å². The van der Waals surface area contributed by atoms with Crippen LogP contribution in [0.2, 0.25) is 5.02 Å². The number of hydrogen-bond acceptors (Lipinski definition) is 4. The highest BCUT2D eigenvalue weighted by atomic mass is 35.5. The third-order valence-electron chi connectivity index (χ3n) is 4.88. The minimum Gasteiger partial charge on any atom is -0.350 e. The predicted molar refractivity (Wildman–Crippen MR) is 126 cm³/mol. The summed E-state index contributed by atoms with van der Waals surface area (Å²) in [6.45, 7) is 7.99. The minimum absolute atomic E-state index is 0.152. The minimum atomic E-state index is -3.65. The number of allylic oxidation sites excluding steroid dienone is 3. The molecule has 3 rings (SSSR count). The summed E-state index contributed by atoms with van der Waals surface area (Å²) < 4.78 is 21.1. The van der Waals surface area contributed by atoms with E-state index < -0.39 is 13.3 Å². The highest BCUT2D eigenvalue weighted by molar-refractivity contribution is 7.72. The second-order valence-electron chi connectivity index (χ2n) is 7.42. The zero-order valence-corrected chi connectivity index (χ0v) is 20.1. The van der Waals surface area contributed by atoms with E-state index >= 15 is 0 Å². The van der Waals surface area contributed by atoms with E-state index in [-0.39, 0.29) is 17.5 Å². The summed E-state index contributed by atoms with van der Waals surface area (Å²) >= 11 is 6.21. The van der Waals surface area contributed by atoms with E-state index in [1.54, 1.807) is 43.8 Å². The lowest BCUT2D eigenvalue weighted by Crippen LogP contribution is -2.39. The number of fused-ring (bicyclic) bond motifs is 1. The van der Waals surface area contributed by atoms with Crippen molar-refractivity contribution in [1.82, 2.24) is 10.3 Å². The lowest BCUT2D eigenvalue weighted by Gasteiger charge is -2.18. The fourth-order valence-corrected chi connectivity index (χ4v) is 5.60. The van der Waals surface area contributed by atoms with Crippen LogP contribution in [0.3, 0.4) is 0 Å². The van der Waals surface area contributed by atoms with Gasteiger partial charge < -0.3 is 14.8 Å². The van der Waals surface area contributed by atoms with Crippen molar-refractivity contribution < 1.29 is 23.5 Å². The first-order valence-corrected chi connectivity index (χ1v) is 11.8. The molecule has 1 atom stereocenters. The van der Waals surface area contributed by atoms with E-state index in [2.05, 4.69) is 16.9 Å². The standard InChI is InChI=1S/C23H25ClN3O4P/c1-15(2)12-16(3)32(29,31-5)22-19-13-18(24)6-7-20(19)26-21(22)23(28)25-14-17-8-10-27(30-4)11-9-17/h6-13H,3,14H2,1-2,4-5H3,(H-,25,26,28,29)/p+1. The van der Waals surface area contributed by atoms with E-state index in [0.29, 0.717) is 21.2 Å². The van der Waals surface area contributed by atoms with Crippen molar-refractivity contribution in [3.8, 4) is 0 Å². The summed E-state index contributed by atoms with van der Waals surface area (Å²) in [5, 5.41) is 4.42. The highest BCUT2D eigenvalue weighted by Gasteiger charge is 2.36. The van der Waals surface area contributed by atoms with Gasteiger partial charge in [0.1, 0.15) is 12.8 Å². The van der Waals surface area contributed by atoms with Gasteiger partial charge in [-0.3, -0.25) is 14.2 Å². The number of aromatic nitrogens is 2. The van der Waals surface area contributed by atoms with E-state index in [1.165, 1.54) is 11.8 Å². The normalized spacial score (nSPS) is 12.8. The molecule has 2 aromatic heterocycles. The maximum atomic E-state index is 14.0. The fraction of sp³-hybridized carbons (Fsp3) is 0.217. The molecule has 168 valence electrons. The Kier molecular flexibility index (Phi) is 7.24. The number of carbonyl (C=O) groups excluding carboxylic acids is 1. The number of amides is 1. The van der Waals surface area contributed by atoms with Gasteiger partial charge in [-0.25, -0.2) is 0 Å². The monoisotopic (exact) mass is 474 g/mol. The number of hydrogen-bond donors (Lipinski definition) is 2. The number of nitrogens with zero attached hydrogens (tertiary/aromatic N) is 1. The third kappa shape index (κ3) is 4.80. The van der Waals surface area contributed by atoms with Crippen molar-refractivity contribution in [2.24, 2.45) is 0 Å². The van der Waals surface area contributed by atoms with Crippen LogP contribution in [0.25, 0.3) is 10.9 Å². The van der Waals surface area contributed by atoms with Crippen molar-refractivity contribution in [3.63, 3.8) is 0 Å². The average Bonchev–Trinajstić information content (AvgIpc) is 3.16. The van der Waals surface area contributed by atoms with Crippen LogP contribution in [-0.4, -0.2) is 25.1 Å². The van der Waals surface area contributed by atoms with Crippen LogP contribution < -0.4 is 20.2 Å². The first-order valence-electron chi connectivity index (χ1n) is 9.84. The predicted octanol–water partition coefficient (Wildman–Crippen LogP) is 4.13. The molecule has 2 heterocycles. The SMILES string of the molecule is C=C(C=C(C)C)P(=O)(OC)c1c(C(=O)NCc2cc[n+](OC)cc2)[nH]c2ccc(Cl)cc12. The molecular formula is C23H26ClN3O4P+. The number of halogens is 1. The molecule has 1 aromatic carbocycles. The molecule has 0 fully saturated rings. The van der Waals surface area contributed by atoms with Gasteiger partial charge in [0.15, 0.2) is 0 Å². The molecule has 0 aliphatic heterocycles. The van der Waals surface area contributed by atoms with E-state index in [1.807, 2.05) is 26.0 Å². The van der Waals surface area contributed by atoms with Gasteiger partial charge in [-0.2, -0.15) is 0 Å². The second-order valence-corrected chi connectivity index (χ2v) is 10.3. The first-order chi connectivity index (χ1) is 15.2. The van der Waals surface area contributed by atoms with Gasteiger partial charge in [0.2, 0.25) is 12.4 Å². The van der Waals surface area contributed by atoms with Crippen molar-refractivity contribution in [1.29, 1.82) is 0 Å². The molecule has 0 radical (unpaired) electrons. The number of nitrogens with one attached hydrogen (secondary N) is 2. The fourth-order valence-electron chi connectivity index (χ4n) is 3.34. The number of H-pyrrole nitrogens is 1. The maximum Gasteiger partial charge on any atom is 0.268 e. The van der Waals surface area contributed by atoms with E-state index in [0.717, 1.165) is 11.1 Å². The summed E-state index contributed by atoms with van der Waals surface area (Å²) in [7, 11) is -0.744. The topological polar surface area (TPSA) is 84.3 Å². The van der Waals surface area contributed by atoms with Crippen LogP contribution in [0.4, 0.5) is 0 Å². The molecule has 32 heavy (non-hydrogen) atoms. The van der Waals surface area contributed by atoms with Crippen molar-refractivity contribution in [2.45, 2.75) is 20.4 Å². The van der Waals surface area contributed by atoms with Crippen molar-refractivity contribution in [3.05, 3.63) is 82.5 Å². The third-order valence-corrected chi connectivity index (χ3v) is 7.57. The molecular weight excluding hydrogens is 449 g/mol. The number of pyridine rings is 1. The van der Waals surface area contributed by atoms with Gasteiger partial charge in [-0.05, 0) is 37.6 Å². The molecule has 0 bridgehead atoms. The summed E-state index contributed by atoms with van der Waals surface area (Å²) in [5.41, 5.74) is 2.56. The van der Waals surface area contributed by atoms with E-state index in [4.69, 9.17) is 21.0 Å². The number of rotatable bonds is 8. The van der Waals surface area contributed by atoms with Gasteiger partial charge in [-0.1, -0.05) is 29.8 Å². The molecule has 7 nitrogen and oxygen atoms in total. The molecule has 3 aromatic rings. The maximum absolute atomic E-state index is 14.0. The lowest BCUT2D eigenvalue weighted by molar-refractivity contribution is -0.885. The quantitative estimate of drug-likeness (QED) is 0.292. The van der Waals surface area contributed by atoms with Gasteiger partial charge >= 0.3 is 0 Å². The Bertz CT molecular complexity index is 1240.